The van der Waals surface area contributed by atoms with E-state index in [2.05, 4.69) is 0 Å². The van der Waals surface area contributed by atoms with Crippen LogP contribution in [0.2, 0.25) is 0 Å². The van der Waals surface area contributed by atoms with Crippen molar-refractivity contribution < 1.29 is 19.0 Å². The van der Waals surface area contributed by atoms with Crippen LogP contribution in [0.1, 0.15) is 31.9 Å². The van der Waals surface area contributed by atoms with Gasteiger partial charge in [0.15, 0.2) is 6.10 Å². The number of nitrogens with two attached hydrogens (primary N) is 1. The molecule has 0 aromatic heterocycles. The molecule has 5 heteroatoms. The number of halogens is 1. The number of carbonyl (C=O) groups is 1. The molecule has 1 rings (SSSR count). The molecule has 1 unspecified atom stereocenters. The molecule has 2 atom stereocenters. The summed E-state index contributed by atoms with van der Waals surface area (Å²) in [5, 5.41) is 8.89. The van der Waals surface area contributed by atoms with E-state index in [9.17, 15) is 9.18 Å². The quantitative estimate of drug-likeness (QED) is 0.827. The van der Waals surface area contributed by atoms with Crippen LogP contribution in [0.5, 0.6) is 5.75 Å². The van der Waals surface area contributed by atoms with Crippen LogP contribution in [0.25, 0.3) is 0 Å². The SMILES string of the molecule is CCC(Oc1ccc(F)cc1[C@@H](C)N)C(=O)O. The Balaban J connectivity index is 3.01. The van der Waals surface area contributed by atoms with Crippen molar-refractivity contribution >= 4 is 5.97 Å². The average Bonchev–Trinajstić information content (AvgIpc) is 2.26. The van der Waals surface area contributed by atoms with Crippen LogP contribution >= 0.6 is 0 Å². The monoisotopic (exact) mass is 241 g/mol. The van der Waals surface area contributed by atoms with Crippen molar-refractivity contribution in [3.63, 3.8) is 0 Å². The fraction of sp³-hybridized carbons (Fsp3) is 0.417. The first-order chi connectivity index (χ1) is 7.95. The number of aliphatic carboxylic acids is 1. The molecule has 94 valence electrons. The number of carboxylic acid groups (broad SMARTS) is 1. The van der Waals surface area contributed by atoms with E-state index in [1.54, 1.807) is 13.8 Å². The van der Waals surface area contributed by atoms with Crippen LogP contribution in [-0.2, 0) is 4.79 Å². The lowest BCUT2D eigenvalue weighted by Gasteiger charge is -2.18. The van der Waals surface area contributed by atoms with Crippen LogP contribution in [0, 0.1) is 5.82 Å². The number of hydrogen-bond acceptors (Lipinski definition) is 3. The first-order valence-corrected chi connectivity index (χ1v) is 5.40. The molecule has 0 bridgehead atoms. The van der Waals surface area contributed by atoms with Gasteiger partial charge in [-0.3, -0.25) is 0 Å². The Morgan fingerprint density at radius 1 is 1.59 bits per heavy atom. The van der Waals surface area contributed by atoms with E-state index in [1.165, 1.54) is 18.2 Å². The van der Waals surface area contributed by atoms with E-state index < -0.39 is 23.9 Å². The largest absolute Gasteiger partial charge is 0.479 e. The minimum Gasteiger partial charge on any atom is -0.479 e. The highest BCUT2D eigenvalue weighted by Gasteiger charge is 2.19. The fourth-order valence-electron chi connectivity index (χ4n) is 1.44. The average molecular weight is 241 g/mol. The predicted molar refractivity (Wildman–Crippen MR) is 61.3 cm³/mol. The van der Waals surface area contributed by atoms with Gasteiger partial charge in [-0.15, -0.1) is 0 Å². The highest BCUT2D eigenvalue weighted by Crippen LogP contribution is 2.26. The van der Waals surface area contributed by atoms with Crippen molar-refractivity contribution in [1.29, 1.82) is 0 Å². The van der Waals surface area contributed by atoms with Crippen LogP contribution < -0.4 is 10.5 Å². The lowest BCUT2D eigenvalue weighted by Crippen LogP contribution is -2.26. The second-order valence-corrected chi connectivity index (χ2v) is 3.82. The van der Waals surface area contributed by atoms with Crippen LogP contribution in [0.15, 0.2) is 18.2 Å². The lowest BCUT2D eigenvalue weighted by molar-refractivity contribution is -0.145. The molecule has 0 fully saturated rings. The molecule has 0 heterocycles. The van der Waals surface area contributed by atoms with Crippen molar-refractivity contribution in [2.24, 2.45) is 5.73 Å². The number of rotatable bonds is 5. The molecule has 1 aromatic rings. The molecule has 0 amide bonds. The third-order valence-corrected chi connectivity index (χ3v) is 2.38. The summed E-state index contributed by atoms with van der Waals surface area (Å²) in [4.78, 5) is 10.9. The Hall–Kier alpha value is -1.62. The fourth-order valence-corrected chi connectivity index (χ4v) is 1.44. The minimum absolute atomic E-state index is 0.315. The maximum Gasteiger partial charge on any atom is 0.344 e. The summed E-state index contributed by atoms with van der Waals surface area (Å²) in [6.45, 7) is 3.39. The molecule has 17 heavy (non-hydrogen) atoms. The Bertz CT molecular complexity index is 407. The molecule has 3 N–H and O–H groups in total. The van der Waals surface area contributed by atoms with Gasteiger partial charge >= 0.3 is 5.97 Å². The summed E-state index contributed by atoms with van der Waals surface area (Å²) in [5.41, 5.74) is 6.15. The molecule has 0 spiro atoms. The van der Waals surface area contributed by atoms with Gasteiger partial charge in [-0.2, -0.15) is 0 Å². The number of hydrogen-bond donors (Lipinski definition) is 2. The molecular weight excluding hydrogens is 225 g/mol. The van der Waals surface area contributed by atoms with Gasteiger partial charge in [0.1, 0.15) is 11.6 Å². The van der Waals surface area contributed by atoms with Crippen LogP contribution in [-0.4, -0.2) is 17.2 Å². The zero-order chi connectivity index (χ0) is 13.0. The maximum absolute atomic E-state index is 13.1. The van der Waals surface area contributed by atoms with Gasteiger partial charge < -0.3 is 15.6 Å². The van der Waals surface area contributed by atoms with Gasteiger partial charge in [0.05, 0.1) is 0 Å². The summed E-state index contributed by atoms with van der Waals surface area (Å²) in [6, 6.07) is 3.45. The first kappa shape index (κ1) is 13.4. The first-order valence-electron chi connectivity index (χ1n) is 5.40. The Morgan fingerprint density at radius 3 is 2.71 bits per heavy atom. The molecule has 0 aliphatic carbocycles. The Kier molecular flexibility index (Phi) is 4.45. The molecule has 4 nitrogen and oxygen atoms in total. The third kappa shape index (κ3) is 3.42. The van der Waals surface area contributed by atoms with Crippen molar-refractivity contribution in [3.05, 3.63) is 29.6 Å². The van der Waals surface area contributed by atoms with E-state index >= 15 is 0 Å². The van der Waals surface area contributed by atoms with Crippen molar-refractivity contribution in [3.8, 4) is 5.75 Å². The normalized spacial score (nSPS) is 14.1. The third-order valence-electron chi connectivity index (χ3n) is 2.38. The zero-order valence-electron chi connectivity index (χ0n) is 9.81. The highest BCUT2D eigenvalue weighted by atomic mass is 19.1. The summed E-state index contributed by atoms with van der Waals surface area (Å²) < 4.78 is 18.4. The van der Waals surface area contributed by atoms with Gasteiger partial charge in [0.25, 0.3) is 0 Å². The zero-order valence-corrected chi connectivity index (χ0v) is 9.81. The second-order valence-electron chi connectivity index (χ2n) is 3.82. The summed E-state index contributed by atoms with van der Waals surface area (Å²) >= 11 is 0. The summed E-state index contributed by atoms with van der Waals surface area (Å²) in [5.74, 6) is -1.16. The number of ether oxygens (including phenoxy) is 1. The molecule has 0 saturated heterocycles. The topological polar surface area (TPSA) is 72.5 Å². The maximum atomic E-state index is 13.1. The lowest BCUT2D eigenvalue weighted by atomic mass is 10.1. The molecular formula is C12H16FNO3. The van der Waals surface area contributed by atoms with E-state index in [4.69, 9.17) is 15.6 Å². The molecule has 0 aliphatic rings. The minimum atomic E-state index is -1.05. The van der Waals surface area contributed by atoms with Crippen LogP contribution in [0.4, 0.5) is 4.39 Å². The molecule has 0 radical (unpaired) electrons. The van der Waals surface area contributed by atoms with Crippen molar-refractivity contribution in [2.75, 3.05) is 0 Å². The number of benzene rings is 1. The van der Waals surface area contributed by atoms with Gasteiger partial charge in [0, 0.05) is 11.6 Å². The van der Waals surface area contributed by atoms with Crippen molar-refractivity contribution in [2.45, 2.75) is 32.4 Å². The number of carboxylic acids is 1. The van der Waals surface area contributed by atoms with Gasteiger partial charge in [-0.25, -0.2) is 9.18 Å². The van der Waals surface area contributed by atoms with Gasteiger partial charge in [-0.1, -0.05) is 6.92 Å². The van der Waals surface area contributed by atoms with E-state index in [0.29, 0.717) is 17.7 Å². The predicted octanol–water partition coefficient (Wildman–Crippen LogP) is 2.09. The Morgan fingerprint density at radius 2 is 2.24 bits per heavy atom. The van der Waals surface area contributed by atoms with Gasteiger partial charge in [-0.05, 0) is 31.5 Å². The molecule has 0 aliphatic heterocycles. The van der Waals surface area contributed by atoms with E-state index in [1.807, 2.05) is 0 Å². The smallest absolute Gasteiger partial charge is 0.344 e. The molecule has 1 aromatic carbocycles. The second kappa shape index (κ2) is 5.63. The Labute approximate surface area is 99.2 Å². The van der Waals surface area contributed by atoms with E-state index in [-0.39, 0.29) is 0 Å². The standard InChI is InChI=1S/C12H16FNO3/c1-3-10(12(15)16)17-11-5-4-8(13)6-9(11)7(2)14/h4-7,10H,3,14H2,1-2H3,(H,15,16)/t7-,10?/m1/s1. The highest BCUT2D eigenvalue weighted by molar-refractivity contribution is 5.72. The van der Waals surface area contributed by atoms with Gasteiger partial charge in [0.2, 0.25) is 0 Å². The summed E-state index contributed by atoms with van der Waals surface area (Å²) in [7, 11) is 0. The summed E-state index contributed by atoms with van der Waals surface area (Å²) in [6.07, 6.45) is -0.622. The van der Waals surface area contributed by atoms with Crippen LogP contribution in [0.3, 0.4) is 0 Å². The van der Waals surface area contributed by atoms with E-state index in [0.717, 1.165) is 0 Å². The van der Waals surface area contributed by atoms with Crippen molar-refractivity contribution in [1.82, 2.24) is 0 Å². The molecule has 0 saturated carbocycles.